The number of nitrogens with one attached hydrogen (secondary N) is 2. The summed E-state index contributed by atoms with van der Waals surface area (Å²) in [5.74, 6) is -12.6. The van der Waals surface area contributed by atoms with Gasteiger partial charge in [0.05, 0.1) is 104 Å². The van der Waals surface area contributed by atoms with Gasteiger partial charge in [0.15, 0.2) is 23.2 Å². The molecule has 4 aromatic carbocycles. The Balaban J connectivity index is 0.000000271. The smallest absolute Gasteiger partial charge is 0.309 e. The van der Waals surface area contributed by atoms with Crippen LogP contribution in [-0.4, -0.2) is 145 Å². The number of Topliss-reactive ketones (excluding diaryl/α,β-unsaturated/α-hetero) is 4. The molecule has 6 aromatic rings. The summed E-state index contributed by atoms with van der Waals surface area (Å²) in [5.41, 5.74) is 2.93. The van der Waals surface area contributed by atoms with E-state index in [4.69, 9.17) is 32.7 Å². The second kappa shape index (κ2) is 32.5. The second-order valence-corrected chi connectivity index (χ2v) is 32.0. The molecule has 0 radical (unpaired) electrons. The summed E-state index contributed by atoms with van der Waals surface area (Å²) in [5, 5.41) is 4.77. The van der Waals surface area contributed by atoms with Crippen LogP contribution < -0.4 is 10.6 Å². The maximum atomic E-state index is 14.7. The van der Waals surface area contributed by atoms with Gasteiger partial charge in [-0.3, -0.25) is 57.9 Å². The van der Waals surface area contributed by atoms with E-state index in [1.165, 1.54) is 70.0 Å². The number of ether oxygens (including phenoxy) is 2. The fraction of sp³-hybridized carbons (Fsp3) is 0.353. The standard InChI is InChI=1S/2C34H35ClF2N3O7P/c1-19-13-22(41)17-28(40(30(43)18-48(3,4)46)12-10-29(42)32-25(36)8-7-24(35)33(32)37)27-16-21(9-11-38-27)23-6-5-20(15-31(44)47-2)14-26(23)39-34(19)45;1-19-28(41)10-9-27(40(30(43)18-48(3,4)46)14-12-29(42)32-24(36)8-7-23(35)33(32)37)26-17-21(11-13-38-26)22-6-5-20(16-31(44)47-2)15-25(22)39-34(19)45/h5-9,11,14,16,19,28H,10,12-13,15,17-18H2,1-4H3,(H,39,45);5-8,11,13,15,17,19,27H,9-10,12,14,16,18H2,1-4H3,(H,39,45)/t19-,28+;19-,27+/m11/s1. The molecule has 0 fully saturated rings. The van der Waals surface area contributed by atoms with Crippen LogP contribution in [0.25, 0.3) is 22.3 Å². The maximum Gasteiger partial charge on any atom is 0.309 e. The molecule has 0 aliphatic carbocycles. The summed E-state index contributed by atoms with van der Waals surface area (Å²) in [6.07, 6.45) is 0.266. The number of esters is 2. The van der Waals surface area contributed by atoms with Gasteiger partial charge in [-0.05, 0) is 123 Å². The number of hydrogen-bond acceptors (Lipinski definition) is 16. The van der Waals surface area contributed by atoms with Gasteiger partial charge in [-0.15, -0.1) is 0 Å². The highest BCUT2D eigenvalue weighted by Crippen LogP contribution is 2.41. The summed E-state index contributed by atoms with van der Waals surface area (Å²) >= 11 is 11.6. The monoisotopic (exact) mass is 1400 g/mol. The Bertz CT molecular complexity index is 4190. The van der Waals surface area contributed by atoms with Gasteiger partial charge >= 0.3 is 11.9 Å². The first kappa shape index (κ1) is 74.8. The zero-order valence-electron chi connectivity index (χ0n) is 53.7. The van der Waals surface area contributed by atoms with Crippen LogP contribution in [0.15, 0.2) is 97.3 Å². The van der Waals surface area contributed by atoms with Gasteiger partial charge in [0, 0.05) is 86.0 Å². The molecule has 2 N–H and O–H groups in total. The number of carbonyl (C=O) groups excluding carboxylic acids is 10. The highest BCUT2D eigenvalue weighted by Gasteiger charge is 2.36. The number of methoxy groups -OCH3 is 2. The van der Waals surface area contributed by atoms with Crippen LogP contribution in [0.5, 0.6) is 0 Å². The van der Waals surface area contributed by atoms with E-state index < -0.39 is 167 Å². The molecular weight excluding hydrogens is 1330 g/mol. The quantitative estimate of drug-likeness (QED) is 0.0202. The van der Waals surface area contributed by atoms with E-state index in [2.05, 4.69) is 20.6 Å². The zero-order valence-corrected chi connectivity index (χ0v) is 57.0. The van der Waals surface area contributed by atoms with Crippen molar-refractivity contribution in [3.8, 4) is 22.3 Å². The Morgan fingerprint density at radius 3 is 1.45 bits per heavy atom. The molecule has 4 bridgehead atoms. The summed E-state index contributed by atoms with van der Waals surface area (Å²) in [7, 11) is -3.40. The van der Waals surface area contributed by atoms with E-state index >= 15 is 0 Å². The Labute approximate surface area is 561 Å². The molecule has 0 saturated carbocycles. The Morgan fingerprint density at radius 1 is 0.583 bits per heavy atom. The summed E-state index contributed by atoms with van der Waals surface area (Å²) in [6.45, 7) is 7.98. The average Bonchev–Trinajstić information content (AvgIpc) is 0.808. The lowest BCUT2D eigenvalue weighted by atomic mass is 9.93. The van der Waals surface area contributed by atoms with E-state index in [-0.39, 0.29) is 56.9 Å². The zero-order chi connectivity index (χ0) is 70.7. The third-order valence-corrected chi connectivity index (χ3v) is 18.5. The fourth-order valence-electron chi connectivity index (χ4n) is 10.9. The van der Waals surface area contributed by atoms with Crippen molar-refractivity contribution >= 4 is 108 Å². The summed E-state index contributed by atoms with van der Waals surface area (Å²) in [4.78, 5) is 142. The molecule has 0 unspecified atom stereocenters. The van der Waals surface area contributed by atoms with Crippen LogP contribution in [0.4, 0.5) is 28.9 Å². The molecule has 4 heterocycles. The number of fused-ring (bicyclic) bond motifs is 8. The van der Waals surface area contributed by atoms with Crippen molar-refractivity contribution in [2.75, 3.05) is 76.9 Å². The first-order chi connectivity index (χ1) is 45.2. The van der Waals surface area contributed by atoms with Gasteiger partial charge in [-0.1, -0.05) is 54.4 Å². The first-order valence-electron chi connectivity index (χ1n) is 30.2. The lowest BCUT2D eigenvalue weighted by molar-refractivity contribution is -0.140. The number of carbonyl (C=O) groups is 10. The SMILES string of the molecule is COC(=O)Cc1ccc2c(c1)NC(=O)[C@H](C)C(=O)CC[C@H](N(CCC(=O)c1c(F)ccc(Cl)c1F)C(=O)CP(C)(C)=O)c1cc-2ccn1.COC(=O)Cc1ccc2c(c1)NC(=O)[C@H](C)CC(=O)C[C@H](N(CCC(=O)c1c(F)ccc(Cl)c1F)C(=O)CP(C)(C)=O)c1cc-2ccn1. The van der Waals surface area contributed by atoms with Crippen molar-refractivity contribution in [2.24, 2.45) is 11.8 Å². The van der Waals surface area contributed by atoms with Gasteiger partial charge in [0.1, 0.15) is 23.2 Å². The molecule has 2 aliphatic heterocycles. The van der Waals surface area contributed by atoms with Gasteiger partial charge in [-0.2, -0.15) is 0 Å². The molecular formula is C68H70Cl2F4N6O14P2. The highest BCUT2D eigenvalue weighted by atomic mass is 35.5. The van der Waals surface area contributed by atoms with E-state index in [0.717, 1.165) is 24.3 Å². The lowest BCUT2D eigenvalue weighted by Crippen LogP contribution is -2.40. The van der Waals surface area contributed by atoms with Gasteiger partial charge in [0.25, 0.3) is 0 Å². The Hall–Kier alpha value is -8.56. The third kappa shape index (κ3) is 19.6. The lowest BCUT2D eigenvalue weighted by Gasteiger charge is -2.33. The molecule has 2 aromatic heterocycles. The largest absolute Gasteiger partial charge is 0.469 e. The molecule has 0 saturated heterocycles. The predicted molar refractivity (Wildman–Crippen MR) is 353 cm³/mol. The van der Waals surface area contributed by atoms with E-state index in [0.29, 0.717) is 50.4 Å². The van der Waals surface area contributed by atoms with E-state index in [1.54, 1.807) is 67.6 Å². The molecule has 28 heteroatoms. The van der Waals surface area contributed by atoms with Crippen molar-refractivity contribution in [1.82, 2.24) is 19.8 Å². The first-order valence-corrected chi connectivity index (χ1v) is 36.5. The number of rotatable bonds is 18. The number of halogens is 6. The Morgan fingerprint density at radius 2 is 1.01 bits per heavy atom. The van der Waals surface area contributed by atoms with Crippen LogP contribution in [0.2, 0.25) is 10.0 Å². The van der Waals surface area contributed by atoms with Crippen LogP contribution in [0.1, 0.15) is 108 Å². The summed E-state index contributed by atoms with van der Waals surface area (Å²) in [6, 6.07) is 18.3. The number of anilines is 2. The minimum Gasteiger partial charge on any atom is -0.469 e. The number of hydrogen-bond donors (Lipinski definition) is 2. The number of ketones is 4. The number of aromatic nitrogens is 2. The van der Waals surface area contributed by atoms with Crippen molar-refractivity contribution < 1.29 is 84.1 Å². The molecule has 2 aliphatic rings. The molecule has 96 heavy (non-hydrogen) atoms. The van der Waals surface area contributed by atoms with Gasteiger partial charge in [0.2, 0.25) is 23.6 Å². The predicted octanol–water partition coefficient (Wildman–Crippen LogP) is 12.2. The minimum atomic E-state index is -2.98. The maximum absolute atomic E-state index is 14.7. The highest BCUT2D eigenvalue weighted by molar-refractivity contribution is 7.63. The Kier molecular flexibility index (Phi) is 25.3. The molecule has 0 spiro atoms. The van der Waals surface area contributed by atoms with Crippen molar-refractivity contribution in [2.45, 2.75) is 77.3 Å². The number of pyridine rings is 2. The third-order valence-electron chi connectivity index (χ3n) is 15.9. The molecule has 4 amide bonds. The van der Waals surface area contributed by atoms with Crippen LogP contribution in [0.3, 0.4) is 0 Å². The van der Waals surface area contributed by atoms with Crippen LogP contribution in [0, 0.1) is 35.1 Å². The van der Waals surface area contributed by atoms with E-state index in [1.807, 2.05) is 0 Å². The van der Waals surface area contributed by atoms with Crippen LogP contribution >= 0.6 is 37.5 Å². The molecule has 20 nitrogen and oxygen atoms in total. The van der Waals surface area contributed by atoms with Crippen molar-refractivity contribution in [3.05, 3.63) is 164 Å². The number of amides is 4. The molecule has 4 atom stereocenters. The second-order valence-electron chi connectivity index (χ2n) is 24.2. The number of benzene rings is 4. The molecule has 8 rings (SSSR count). The van der Waals surface area contributed by atoms with Gasteiger partial charge in [-0.25, -0.2) is 17.6 Å². The topological polar surface area (TPSA) is 280 Å². The minimum absolute atomic E-state index is 0.0185. The van der Waals surface area contributed by atoms with Crippen molar-refractivity contribution in [3.63, 3.8) is 0 Å². The summed E-state index contributed by atoms with van der Waals surface area (Å²) < 4.78 is 93.6. The van der Waals surface area contributed by atoms with Gasteiger partial charge < -0.3 is 39.0 Å². The van der Waals surface area contributed by atoms with Crippen LogP contribution in [-0.2, 0) is 69.8 Å². The number of nitrogens with zero attached hydrogens (tertiary/aromatic N) is 4. The molecule has 508 valence electrons. The van der Waals surface area contributed by atoms with Crippen molar-refractivity contribution in [1.29, 1.82) is 0 Å². The van der Waals surface area contributed by atoms with E-state index in [9.17, 15) is 74.6 Å². The fourth-order valence-corrected chi connectivity index (χ4v) is 12.9. The normalized spacial score (nSPS) is 16.6. The average molecular weight is 1400 g/mol.